The van der Waals surface area contributed by atoms with E-state index in [1.54, 1.807) is 18.2 Å². The Kier molecular flexibility index (Phi) is 6.16. The van der Waals surface area contributed by atoms with Crippen molar-refractivity contribution >= 4 is 35.8 Å². The largest absolute Gasteiger partial charge is 0.429 e. The number of hydrogen-bond donors (Lipinski definition) is 2. The van der Waals surface area contributed by atoms with E-state index < -0.39 is 43.3 Å². The van der Waals surface area contributed by atoms with Crippen LogP contribution in [0.4, 0.5) is 14.5 Å². The van der Waals surface area contributed by atoms with Gasteiger partial charge in [-0.15, -0.1) is 0 Å². The molecule has 1 saturated heterocycles. The Morgan fingerprint density at radius 3 is 2.77 bits per heavy atom. The standard InChI is InChI=1S/C21H24BF2N5O2/c1-20(2,3)22-28-16-6-4-5-14-15(7-8-26-18(14)16)19(31)27-11-17(30)29-12-21(23,24)9-13(29)10-25/h4-8,13,22,28H,9,11-12H2,1-3H3,(H,27,31)/t13-/m0/s1. The van der Waals surface area contributed by atoms with Crippen LogP contribution in [-0.2, 0) is 4.79 Å². The van der Waals surface area contributed by atoms with E-state index in [0.29, 0.717) is 23.9 Å². The summed E-state index contributed by atoms with van der Waals surface area (Å²) >= 11 is 0. The Bertz CT molecular complexity index is 1050. The van der Waals surface area contributed by atoms with Crippen LogP contribution in [0.3, 0.4) is 0 Å². The van der Waals surface area contributed by atoms with Crippen molar-refractivity contribution in [2.45, 2.75) is 44.5 Å². The first-order valence-corrected chi connectivity index (χ1v) is 9.97. The monoisotopic (exact) mass is 427 g/mol. The lowest BCUT2D eigenvalue weighted by Crippen LogP contribution is -2.43. The van der Waals surface area contributed by atoms with E-state index in [4.69, 9.17) is 5.26 Å². The van der Waals surface area contributed by atoms with Gasteiger partial charge in [0.05, 0.1) is 30.2 Å². The van der Waals surface area contributed by atoms with Crippen LogP contribution in [0, 0.1) is 11.3 Å². The van der Waals surface area contributed by atoms with Gasteiger partial charge in [-0.25, -0.2) is 8.78 Å². The summed E-state index contributed by atoms with van der Waals surface area (Å²) in [5.74, 6) is -4.34. The third kappa shape index (κ3) is 5.29. The summed E-state index contributed by atoms with van der Waals surface area (Å²) in [5.41, 5.74) is 1.73. The summed E-state index contributed by atoms with van der Waals surface area (Å²) in [6.07, 6.45) is 0.816. The van der Waals surface area contributed by atoms with Crippen LogP contribution < -0.4 is 10.5 Å². The number of alkyl halides is 2. The first kappa shape index (κ1) is 22.5. The van der Waals surface area contributed by atoms with Crippen LogP contribution in [0.25, 0.3) is 10.9 Å². The van der Waals surface area contributed by atoms with E-state index in [1.807, 2.05) is 6.07 Å². The number of carbonyl (C=O) groups excluding carboxylic acids is 2. The minimum absolute atomic E-state index is 0.0468. The summed E-state index contributed by atoms with van der Waals surface area (Å²) in [6, 6.07) is 7.50. The topological polar surface area (TPSA) is 98.1 Å². The molecule has 1 atom stereocenters. The molecule has 1 aromatic carbocycles. The van der Waals surface area contributed by atoms with Gasteiger partial charge in [0.25, 0.3) is 11.8 Å². The summed E-state index contributed by atoms with van der Waals surface area (Å²) < 4.78 is 27.1. The predicted octanol–water partition coefficient (Wildman–Crippen LogP) is 2.71. The lowest BCUT2D eigenvalue weighted by molar-refractivity contribution is -0.131. The number of amides is 2. The Morgan fingerprint density at radius 2 is 2.10 bits per heavy atom. The molecule has 1 aliphatic rings. The summed E-state index contributed by atoms with van der Waals surface area (Å²) in [6.45, 7) is 5.00. The van der Waals surface area contributed by atoms with Gasteiger partial charge in [-0.2, -0.15) is 5.26 Å². The zero-order valence-electron chi connectivity index (χ0n) is 17.7. The lowest BCUT2D eigenvalue weighted by Gasteiger charge is -2.20. The molecule has 162 valence electrons. The molecule has 0 radical (unpaired) electrons. The minimum atomic E-state index is -3.10. The normalized spacial score (nSPS) is 17.8. The van der Waals surface area contributed by atoms with Crippen molar-refractivity contribution in [1.29, 1.82) is 5.26 Å². The molecule has 0 aliphatic carbocycles. The van der Waals surface area contributed by atoms with Crippen molar-refractivity contribution in [3.63, 3.8) is 0 Å². The first-order chi connectivity index (χ1) is 14.5. The van der Waals surface area contributed by atoms with Crippen LogP contribution in [0.1, 0.15) is 37.6 Å². The maximum atomic E-state index is 13.6. The highest BCUT2D eigenvalue weighted by Gasteiger charge is 2.47. The molecule has 31 heavy (non-hydrogen) atoms. The lowest BCUT2D eigenvalue weighted by atomic mass is 9.64. The van der Waals surface area contributed by atoms with E-state index in [-0.39, 0.29) is 5.31 Å². The second kappa shape index (κ2) is 8.50. The van der Waals surface area contributed by atoms with Crippen molar-refractivity contribution in [2.24, 2.45) is 0 Å². The minimum Gasteiger partial charge on any atom is -0.429 e. The zero-order valence-corrected chi connectivity index (χ0v) is 17.7. The number of benzene rings is 1. The molecule has 2 amide bonds. The van der Waals surface area contributed by atoms with Crippen LogP contribution in [0.15, 0.2) is 30.5 Å². The van der Waals surface area contributed by atoms with Gasteiger partial charge in [-0.3, -0.25) is 14.6 Å². The average Bonchev–Trinajstić information content (AvgIpc) is 3.04. The Labute approximate surface area is 180 Å². The van der Waals surface area contributed by atoms with Gasteiger partial charge in [0.15, 0.2) is 0 Å². The summed E-state index contributed by atoms with van der Waals surface area (Å²) in [7, 11) is 0.708. The molecule has 1 fully saturated rings. The number of fused-ring (bicyclic) bond motifs is 1. The number of nitriles is 1. The van der Waals surface area contributed by atoms with Gasteiger partial charge in [-0.05, 0) is 17.4 Å². The van der Waals surface area contributed by atoms with Crippen molar-refractivity contribution in [1.82, 2.24) is 15.2 Å². The fraction of sp³-hybridized carbons (Fsp3) is 0.429. The molecular formula is C21H24BF2N5O2. The Hall–Kier alpha value is -3.22. The number of pyridine rings is 1. The highest BCUT2D eigenvalue weighted by atomic mass is 19.3. The number of nitrogens with zero attached hydrogens (tertiary/aromatic N) is 3. The smallest absolute Gasteiger partial charge is 0.268 e. The summed E-state index contributed by atoms with van der Waals surface area (Å²) in [5, 5.41) is 15.5. The second-order valence-electron chi connectivity index (χ2n) is 8.88. The maximum absolute atomic E-state index is 13.6. The van der Waals surface area contributed by atoms with Crippen molar-refractivity contribution < 1.29 is 18.4 Å². The van der Waals surface area contributed by atoms with Crippen molar-refractivity contribution in [3.8, 4) is 6.07 Å². The number of hydrogen-bond acceptors (Lipinski definition) is 5. The molecule has 2 N–H and O–H groups in total. The van der Waals surface area contributed by atoms with Gasteiger partial charge in [0.1, 0.15) is 6.04 Å². The Balaban J connectivity index is 1.74. The number of para-hydroxylation sites is 1. The highest BCUT2D eigenvalue weighted by molar-refractivity contribution is 6.44. The van der Waals surface area contributed by atoms with Crippen LogP contribution in [-0.4, -0.2) is 54.2 Å². The molecule has 2 aromatic rings. The van der Waals surface area contributed by atoms with E-state index >= 15 is 0 Å². The molecule has 0 spiro atoms. The number of nitrogens with one attached hydrogen (secondary N) is 2. The first-order valence-electron chi connectivity index (χ1n) is 9.97. The molecular weight excluding hydrogens is 403 g/mol. The van der Waals surface area contributed by atoms with E-state index in [0.717, 1.165) is 10.6 Å². The number of rotatable bonds is 5. The number of halogens is 2. The van der Waals surface area contributed by atoms with Crippen LogP contribution in [0.5, 0.6) is 0 Å². The molecule has 2 heterocycles. The highest BCUT2D eigenvalue weighted by Crippen LogP contribution is 2.31. The number of anilines is 1. The number of carbonyl (C=O) groups is 2. The molecule has 0 bridgehead atoms. The van der Waals surface area contributed by atoms with Gasteiger partial charge in [0, 0.05) is 23.7 Å². The van der Waals surface area contributed by atoms with Gasteiger partial charge < -0.3 is 15.4 Å². The third-order valence-electron chi connectivity index (χ3n) is 4.96. The van der Waals surface area contributed by atoms with Crippen LogP contribution in [0.2, 0.25) is 5.31 Å². The second-order valence-corrected chi connectivity index (χ2v) is 8.88. The molecule has 1 aromatic heterocycles. The predicted molar refractivity (Wildman–Crippen MR) is 115 cm³/mol. The molecule has 7 nitrogen and oxygen atoms in total. The Morgan fingerprint density at radius 1 is 1.35 bits per heavy atom. The van der Waals surface area contributed by atoms with Crippen molar-refractivity contribution in [3.05, 3.63) is 36.0 Å². The fourth-order valence-electron chi connectivity index (χ4n) is 3.42. The van der Waals surface area contributed by atoms with Gasteiger partial charge >= 0.3 is 0 Å². The van der Waals surface area contributed by atoms with E-state index in [2.05, 4.69) is 36.3 Å². The number of likely N-dealkylation sites (tertiary alicyclic amines) is 1. The van der Waals surface area contributed by atoms with Gasteiger partial charge in [-0.1, -0.05) is 32.9 Å². The molecule has 0 saturated carbocycles. The molecule has 10 heteroatoms. The van der Waals surface area contributed by atoms with E-state index in [1.165, 1.54) is 12.3 Å². The SMILES string of the molecule is CC(C)(C)BNc1cccc2c(C(=O)NCC(=O)N3CC(F)(F)C[C@H]3C#N)ccnc12. The summed E-state index contributed by atoms with van der Waals surface area (Å²) in [4.78, 5) is 30.3. The number of aromatic nitrogens is 1. The third-order valence-corrected chi connectivity index (χ3v) is 4.96. The zero-order chi connectivity index (χ0) is 22.8. The van der Waals surface area contributed by atoms with Crippen LogP contribution >= 0.6 is 0 Å². The molecule has 1 aliphatic heterocycles. The van der Waals surface area contributed by atoms with Crippen molar-refractivity contribution in [2.75, 3.05) is 18.3 Å². The average molecular weight is 427 g/mol. The molecule has 0 unspecified atom stereocenters. The van der Waals surface area contributed by atoms with Gasteiger partial charge in [0.2, 0.25) is 13.3 Å². The molecule has 3 rings (SSSR count). The van der Waals surface area contributed by atoms with E-state index in [9.17, 15) is 18.4 Å². The maximum Gasteiger partial charge on any atom is 0.268 e. The fourth-order valence-corrected chi connectivity index (χ4v) is 3.42. The quantitative estimate of drug-likeness (QED) is 0.716.